The highest BCUT2D eigenvalue weighted by atomic mass is 32.2. The first-order valence-corrected chi connectivity index (χ1v) is 7.46. The van der Waals surface area contributed by atoms with E-state index in [1.165, 1.54) is 18.6 Å². The summed E-state index contributed by atoms with van der Waals surface area (Å²) >= 11 is 1.97. The topological polar surface area (TPSA) is 42.2 Å². The van der Waals surface area contributed by atoms with Gasteiger partial charge in [0, 0.05) is 17.7 Å². The normalized spacial score (nSPS) is 17.6. The molecular weight excluding hydrogens is 234 g/mol. The van der Waals surface area contributed by atoms with Gasteiger partial charge >= 0.3 is 0 Å². The van der Waals surface area contributed by atoms with Crippen LogP contribution >= 0.6 is 11.8 Å². The molecule has 0 aliphatic heterocycles. The maximum atomic E-state index is 5.26. The predicted molar refractivity (Wildman–Crippen MR) is 70.2 cm³/mol. The van der Waals surface area contributed by atoms with Crippen molar-refractivity contribution in [3.8, 4) is 0 Å². The van der Waals surface area contributed by atoms with Crippen molar-refractivity contribution in [3.05, 3.63) is 11.7 Å². The zero-order valence-corrected chi connectivity index (χ0v) is 11.7. The number of nitrogens with zero attached hydrogens (tertiary/aromatic N) is 3. The molecule has 2 rings (SSSR count). The molecular formula is C12H21N3OS. The molecule has 1 atom stereocenters. The number of hydrogen-bond acceptors (Lipinski definition) is 5. The van der Waals surface area contributed by atoms with Crippen LogP contribution in [0.15, 0.2) is 4.52 Å². The van der Waals surface area contributed by atoms with E-state index in [1.54, 1.807) is 0 Å². The van der Waals surface area contributed by atoms with E-state index in [2.05, 4.69) is 35.9 Å². The third-order valence-electron chi connectivity index (χ3n) is 3.12. The van der Waals surface area contributed by atoms with Crippen molar-refractivity contribution in [1.82, 2.24) is 15.0 Å². The second kappa shape index (κ2) is 5.87. The maximum absolute atomic E-state index is 5.26. The van der Waals surface area contributed by atoms with Gasteiger partial charge in [0.2, 0.25) is 5.89 Å². The SMILES string of the molecule is CCSC[C@H](C)N(C)Cc1noc(C2CC2)n1. The molecule has 0 radical (unpaired) electrons. The zero-order valence-electron chi connectivity index (χ0n) is 10.8. The van der Waals surface area contributed by atoms with E-state index in [4.69, 9.17) is 4.52 Å². The average Bonchev–Trinajstić information content (AvgIpc) is 3.07. The van der Waals surface area contributed by atoms with Gasteiger partial charge in [-0.3, -0.25) is 4.90 Å². The molecule has 0 bridgehead atoms. The molecule has 1 aliphatic rings. The van der Waals surface area contributed by atoms with Gasteiger partial charge in [0.05, 0.1) is 6.54 Å². The molecule has 0 unspecified atom stereocenters. The minimum Gasteiger partial charge on any atom is -0.339 e. The van der Waals surface area contributed by atoms with Gasteiger partial charge in [0.1, 0.15) is 0 Å². The minimum absolute atomic E-state index is 0.544. The standard InChI is InChI=1S/C12H21N3OS/c1-4-17-8-9(2)15(3)7-11-13-12(16-14-11)10-5-6-10/h9-10H,4-8H2,1-3H3/t9-/m0/s1. The molecule has 0 aromatic carbocycles. The second-order valence-electron chi connectivity index (χ2n) is 4.75. The summed E-state index contributed by atoms with van der Waals surface area (Å²) in [4.78, 5) is 6.73. The Bertz CT molecular complexity index is 351. The first kappa shape index (κ1) is 12.9. The van der Waals surface area contributed by atoms with Crippen LogP contribution in [0, 0.1) is 0 Å². The van der Waals surface area contributed by atoms with Crippen LogP contribution in [0.1, 0.15) is 44.3 Å². The van der Waals surface area contributed by atoms with Crippen LogP contribution in [0.4, 0.5) is 0 Å². The van der Waals surface area contributed by atoms with Crippen LogP contribution in [-0.2, 0) is 6.54 Å². The lowest BCUT2D eigenvalue weighted by atomic mass is 10.3. The van der Waals surface area contributed by atoms with Gasteiger partial charge in [0.25, 0.3) is 0 Å². The average molecular weight is 255 g/mol. The van der Waals surface area contributed by atoms with E-state index in [9.17, 15) is 0 Å². The van der Waals surface area contributed by atoms with Gasteiger partial charge in [-0.05, 0) is 32.6 Å². The fourth-order valence-corrected chi connectivity index (χ4v) is 2.45. The third-order valence-corrected chi connectivity index (χ3v) is 4.24. The van der Waals surface area contributed by atoms with Crippen molar-refractivity contribution in [1.29, 1.82) is 0 Å². The lowest BCUT2D eigenvalue weighted by molar-refractivity contribution is 0.257. The Morgan fingerprint density at radius 3 is 2.94 bits per heavy atom. The Morgan fingerprint density at radius 2 is 2.29 bits per heavy atom. The first-order chi connectivity index (χ1) is 8.20. The number of rotatable bonds is 7. The summed E-state index contributed by atoms with van der Waals surface area (Å²) in [5.41, 5.74) is 0. The molecule has 0 saturated heterocycles. The van der Waals surface area contributed by atoms with Crippen molar-refractivity contribution in [2.45, 2.75) is 45.2 Å². The predicted octanol–water partition coefficient (Wildman–Crippen LogP) is 2.52. The lowest BCUT2D eigenvalue weighted by Gasteiger charge is -2.22. The Morgan fingerprint density at radius 1 is 1.53 bits per heavy atom. The van der Waals surface area contributed by atoms with Crippen LogP contribution in [0.2, 0.25) is 0 Å². The van der Waals surface area contributed by atoms with Crippen molar-refractivity contribution in [3.63, 3.8) is 0 Å². The Hall–Kier alpha value is -0.550. The molecule has 0 N–H and O–H groups in total. The largest absolute Gasteiger partial charge is 0.339 e. The lowest BCUT2D eigenvalue weighted by Crippen LogP contribution is -2.31. The number of thioether (sulfide) groups is 1. The van der Waals surface area contributed by atoms with Crippen LogP contribution in [-0.4, -0.2) is 39.6 Å². The van der Waals surface area contributed by atoms with Gasteiger partial charge in [0.15, 0.2) is 5.82 Å². The molecule has 17 heavy (non-hydrogen) atoms. The van der Waals surface area contributed by atoms with Crippen LogP contribution < -0.4 is 0 Å². The molecule has 0 spiro atoms. The molecule has 4 nitrogen and oxygen atoms in total. The fraction of sp³-hybridized carbons (Fsp3) is 0.833. The van der Waals surface area contributed by atoms with Crippen molar-refractivity contribution < 1.29 is 4.52 Å². The van der Waals surface area contributed by atoms with Gasteiger partial charge in [-0.25, -0.2) is 0 Å². The van der Waals surface area contributed by atoms with Crippen LogP contribution in [0.3, 0.4) is 0 Å². The summed E-state index contributed by atoms with van der Waals surface area (Å²) in [5.74, 6) is 4.54. The second-order valence-corrected chi connectivity index (χ2v) is 6.07. The van der Waals surface area contributed by atoms with E-state index in [0.717, 1.165) is 24.0 Å². The third kappa shape index (κ3) is 3.71. The van der Waals surface area contributed by atoms with Gasteiger partial charge in [-0.1, -0.05) is 12.1 Å². The Labute approximate surface area is 107 Å². The molecule has 1 aromatic heterocycles. The fourth-order valence-electron chi connectivity index (χ4n) is 1.62. The zero-order chi connectivity index (χ0) is 12.3. The van der Waals surface area contributed by atoms with Crippen molar-refractivity contribution >= 4 is 11.8 Å². The minimum atomic E-state index is 0.544. The van der Waals surface area contributed by atoms with E-state index < -0.39 is 0 Å². The van der Waals surface area contributed by atoms with Crippen LogP contribution in [0.5, 0.6) is 0 Å². The highest BCUT2D eigenvalue weighted by Gasteiger charge is 2.29. The maximum Gasteiger partial charge on any atom is 0.229 e. The van der Waals surface area contributed by atoms with Gasteiger partial charge < -0.3 is 4.52 Å². The molecule has 1 aromatic rings. The molecule has 0 amide bonds. The van der Waals surface area contributed by atoms with Gasteiger partial charge in [-0.2, -0.15) is 16.7 Å². The van der Waals surface area contributed by atoms with E-state index in [-0.39, 0.29) is 0 Å². The highest BCUT2D eigenvalue weighted by molar-refractivity contribution is 7.99. The highest BCUT2D eigenvalue weighted by Crippen LogP contribution is 2.38. The summed E-state index contributed by atoms with van der Waals surface area (Å²) < 4.78 is 5.26. The summed E-state index contributed by atoms with van der Waals surface area (Å²) in [6.45, 7) is 5.21. The summed E-state index contributed by atoms with van der Waals surface area (Å²) in [6.07, 6.45) is 2.42. The molecule has 96 valence electrons. The molecule has 1 aliphatic carbocycles. The van der Waals surface area contributed by atoms with E-state index in [1.807, 2.05) is 11.8 Å². The van der Waals surface area contributed by atoms with E-state index >= 15 is 0 Å². The Kier molecular flexibility index (Phi) is 4.45. The summed E-state index contributed by atoms with van der Waals surface area (Å²) in [7, 11) is 2.12. The first-order valence-electron chi connectivity index (χ1n) is 6.31. The van der Waals surface area contributed by atoms with Crippen molar-refractivity contribution in [2.75, 3.05) is 18.6 Å². The molecule has 1 saturated carbocycles. The van der Waals surface area contributed by atoms with Crippen LogP contribution in [0.25, 0.3) is 0 Å². The quantitative estimate of drug-likeness (QED) is 0.749. The molecule has 1 fully saturated rings. The summed E-state index contributed by atoms with van der Waals surface area (Å²) in [6, 6.07) is 0.544. The smallest absolute Gasteiger partial charge is 0.229 e. The van der Waals surface area contributed by atoms with E-state index in [0.29, 0.717) is 12.0 Å². The Balaban J connectivity index is 1.81. The molecule has 1 heterocycles. The monoisotopic (exact) mass is 255 g/mol. The molecule has 5 heteroatoms. The van der Waals surface area contributed by atoms with Crippen molar-refractivity contribution in [2.24, 2.45) is 0 Å². The number of aromatic nitrogens is 2. The number of hydrogen-bond donors (Lipinski definition) is 0. The van der Waals surface area contributed by atoms with Gasteiger partial charge in [-0.15, -0.1) is 0 Å². The summed E-state index contributed by atoms with van der Waals surface area (Å²) in [5, 5.41) is 4.05.